The molecule has 1 fully saturated rings. The zero-order chi connectivity index (χ0) is 21.6. The van der Waals surface area contributed by atoms with Crippen molar-refractivity contribution in [3.8, 4) is 11.5 Å². The van der Waals surface area contributed by atoms with Crippen LogP contribution in [0.3, 0.4) is 0 Å². The van der Waals surface area contributed by atoms with Gasteiger partial charge in [-0.15, -0.1) is 0 Å². The van der Waals surface area contributed by atoms with E-state index in [4.69, 9.17) is 13.9 Å². The van der Waals surface area contributed by atoms with Crippen LogP contribution in [0.4, 0.5) is 5.69 Å². The van der Waals surface area contributed by atoms with Gasteiger partial charge in [0.2, 0.25) is 12.7 Å². The van der Waals surface area contributed by atoms with E-state index in [1.54, 1.807) is 30.3 Å². The minimum absolute atomic E-state index is 0.0124. The highest BCUT2D eigenvalue weighted by molar-refractivity contribution is 6.39. The maximum atomic E-state index is 12.9. The topological polar surface area (TPSA) is 110 Å². The molecule has 164 valence electrons. The molecule has 31 heavy (non-hydrogen) atoms. The lowest BCUT2D eigenvalue weighted by molar-refractivity contribution is -0.145. The van der Waals surface area contributed by atoms with Gasteiger partial charge in [0, 0.05) is 17.8 Å². The molecule has 1 aliphatic carbocycles. The Morgan fingerprint density at radius 3 is 2.61 bits per heavy atom. The van der Waals surface area contributed by atoms with E-state index in [1.165, 1.54) is 17.6 Å². The van der Waals surface area contributed by atoms with Crippen molar-refractivity contribution >= 4 is 23.4 Å². The summed E-state index contributed by atoms with van der Waals surface area (Å²) in [6.45, 7) is -0.109. The maximum Gasteiger partial charge on any atom is 0.313 e. The number of benzene rings is 1. The van der Waals surface area contributed by atoms with E-state index in [9.17, 15) is 14.4 Å². The molecule has 1 aliphatic heterocycles. The van der Waals surface area contributed by atoms with Gasteiger partial charge in [-0.1, -0.05) is 19.3 Å². The molecule has 0 unspecified atom stereocenters. The van der Waals surface area contributed by atoms with Crippen LogP contribution in [0.25, 0.3) is 0 Å². The summed E-state index contributed by atoms with van der Waals surface area (Å²) < 4.78 is 15.8. The first-order valence-corrected chi connectivity index (χ1v) is 10.4. The van der Waals surface area contributed by atoms with Crippen LogP contribution < -0.4 is 20.1 Å². The largest absolute Gasteiger partial charge is 0.467 e. The van der Waals surface area contributed by atoms with Crippen LogP contribution in [-0.2, 0) is 20.9 Å². The second kappa shape index (κ2) is 9.55. The highest BCUT2D eigenvalue weighted by Gasteiger charge is 2.27. The van der Waals surface area contributed by atoms with E-state index in [0.717, 1.165) is 25.7 Å². The lowest BCUT2D eigenvalue weighted by atomic mass is 9.95. The summed E-state index contributed by atoms with van der Waals surface area (Å²) in [6.07, 6.45) is 6.68. The molecule has 1 saturated carbocycles. The van der Waals surface area contributed by atoms with Crippen LogP contribution >= 0.6 is 0 Å². The van der Waals surface area contributed by atoms with Crippen molar-refractivity contribution in [3.05, 3.63) is 42.4 Å². The molecule has 3 amide bonds. The van der Waals surface area contributed by atoms with Crippen molar-refractivity contribution in [2.45, 2.75) is 44.7 Å². The Bertz CT molecular complexity index is 937. The number of fused-ring (bicyclic) bond motifs is 1. The Kier molecular flexibility index (Phi) is 6.40. The summed E-state index contributed by atoms with van der Waals surface area (Å²) in [4.78, 5) is 39.2. The van der Waals surface area contributed by atoms with Gasteiger partial charge in [-0.2, -0.15) is 0 Å². The quantitative estimate of drug-likeness (QED) is 0.685. The summed E-state index contributed by atoms with van der Waals surface area (Å²) in [5, 5.41) is 5.53. The Morgan fingerprint density at radius 1 is 1.03 bits per heavy atom. The fraction of sp³-hybridized carbons (Fsp3) is 0.409. The number of hydrogen-bond acceptors (Lipinski definition) is 6. The van der Waals surface area contributed by atoms with Gasteiger partial charge < -0.3 is 29.4 Å². The van der Waals surface area contributed by atoms with Gasteiger partial charge in [0.15, 0.2) is 11.5 Å². The van der Waals surface area contributed by atoms with E-state index in [-0.39, 0.29) is 31.8 Å². The summed E-state index contributed by atoms with van der Waals surface area (Å²) in [7, 11) is 0. The van der Waals surface area contributed by atoms with Gasteiger partial charge in [0.1, 0.15) is 12.3 Å². The van der Waals surface area contributed by atoms with Gasteiger partial charge in [0.05, 0.1) is 12.8 Å². The van der Waals surface area contributed by atoms with E-state index >= 15 is 0 Å². The number of rotatable bonds is 6. The van der Waals surface area contributed by atoms with Crippen molar-refractivity contribution in [1.29, 1.82) is 0 Å². The van der Waals surface area contributed by atoms with Crippen molar-refractivity contribution in [3.63, 3.8) is 0 Å². The van der Waals surface area contributed by atoms with Crippen molar-refractivity contribution < 1.29 is 28.3 Å². The van der Waals surface area contributed by atoms with Gasteiger partial charge in [-0.05, 0) is 37.1 Å². The van der Waals surface area contributed by atoms with E-state index < -0.39 is 11.8 Å². The number of nitrogens with zero attached hydrogens (tertiary/aromatic N) is 1. The lowest BCUT2D eigenvalue weighted by Gasteiger charge is -2.25. The maximum absolute atomic E-state index is 12.9. The molecule has 1 aromatic carbocycles. The summed E-state index contributed by atoms with van der Waals surface area (Å²) >= 11 is 0. The third-order valence-corrected chi connectivity index (χ3v) is 5.34. The predicted molar refractivity (Wildman–Crippen MR) is 110 cm³/mol. The van der Waals surface area contributed by atoms with E-state index in [1.807, 2.05) is 0 Å². The van der Waals surface area contributed by atoms with Crippen LogP contribution in [0.15, 0.2) is 41.0 Å². The summed E-state index contributed by atoms with van der Waals surface area (Å²) in [5.41, 5.74) is 0.396. The highest BCUT2D eigenvalue weighted by Crippen LogP contribution is 2.34. The number of furan rings is 1. The number of carbonyl (C=O) groups excluding carboxylic acids is 3. The summed E-state index contributed by atoms with van der Waals surface area (Å²) in [5.74, 6) is -0.422. The van der Waals surface area contributed by atoms with Crippen LogP contribution in [0.1, 0.15) is 37.9 Å². The Hall–Kier alpha value is -3.49. The molecule has 9 nitrogen and oxygen atoms in total. The van der Waals surface area contributed by atoms with Crippen molar-refractivity contribution in [2.75, 3.05) is 18.7 Å². The monoisotopic (exact) mass is 427 g/mol. The first kappa shape index (κ1) is 20.8. The van der Waals surface area contributed by atoms with Gasteiger partial charge in [0.25, 0.3) is 0 Å². The SMILES string of the molecule is O=C(CN(Cc1ccco1)C(=O)C(=O)Nc1ccc2c(c1)OCO2)NC1CCCCC1. The third kappa shape index (κ3) is 5.36. The Balaban J connectivity index is 1.41. The highest BCUT2D eigenvalue weighted by atomic mass is 16.7. The molecular formula is C22H25N3O6. The van der Waals surface area contributed by atoms with Crippen LogP contribution in [0.2, 0.25) is 0 Å². The number of nitrogens with one attached hydrogen (secondary N) is 2. The molecule has 0 bridgehead atoms. The van der Waals surface area contributed by atoms with E-state index in [0.29, 0.717) is 22.9 Å². The number of ether oxygens (including phenoxy) is 2. The average molecular weight is 427 g/mol. The normalized spacial score (nSPS) is 15.4. The zero-order valence-corrected chi connectivity index (χ0v) is 17.1. The molecule has 2 aliphatic rings. The number of amides is 3. The number of carbonyl (C=O) groups is 3. The number of hydrogen-bond donors (Lipinski definition) is 2. The van der Waals surface area contributed by atoms with Crippen LogP contribution in [-0.4, -0.2) is 42.0 Å². The molecule has 0 atom stereocenters. The fourth-order valence-corrected chi connectivity index (χ4v) is 3.79. The molecule has 1 aromatic heterocycles. The minimum Gasteiger partial charge on any atom is -0.467 e. The fourth-order valence-electron chi connectivity index (χ4n) is 3.79. The van der Waals surface area contributed by atoms with Gasteiger partial charge in [-0.3, -0.25) is 14.4 Å². The Labute approximate surface area is 179 Å². The van der Waals surface area contributed by atoms with Crippen molar-refractivity contribution in [2.24, 2.45) is 0 Å². The molecular weight excluding hydrogens is 402 g/mol. The standard InChI is InChI=1S/C22H25N3O6/c26-20(23-15-5-2-1-3-6-15)13-25(12-17-7-4-10-29-17)22(28)21(27)24-16-8-9-18-19(11-16)31-14-30-18/h4,7-11,15H,1-3,5-6,12-14H2,(H,23,26)(H,24,27). The molecule has 0 spiro atoms. The molecule has 0 radical (unpaired) electrons. The van der Waals surface area contributed by atoms with Gasteiger partial charge >= 0.3 is 11.8 Å². The minimum atomic E-state index is -0.851. The smallest absolute Gasteiger partial charge is 0.313 e. The number of anilines is 1. The van der Waals surface area contributed by atoms with E-state index in [2.05, 4.69) is 10.6 Å². The summed E-state index contributed by atoms with van der Waals surface area (Å²) in [6, 6.07) is 8.35. The lowest BCUT2D eigenvalue weighted by Crippen LogP contribution is -2.47. The van der Waals surface area contributed by atoms with Gasteiger partial charge in [-0.25, -0.2) is 0 Å². The second-order valence-electron chi connectivity index (χ2n) is 7.67. The molecule has 0 saturated heterocycles. The molecule has 4 rings (SSSR count). The van der Waals surface area contributed by atoms with Crippen LogP contribution in [0, 0.1) is 0 Å². The first-order chi connectivity index (χ1) is 15.1. The molecule has 2 aromatic rings. The molecule has 2 N–H and O–H groups in total. The predicted octanol–water partition coefficient (Wildman–Crippen LogP) is 2.42. The third-order valence-electron chi connectivity index (χ3n) is 5.34. The molecule has 9 heteroatoms. The first-order valence-electron chi connectivity index (χ1n) is 10.4. The van der Waals surface area contributed by atoms with Crippen LogP contribution in [0.5, 0.6) is 11.5 Å². The second-order valence-corrected chi connectivity index (χ2v) is 7.67. The molecule has 2 heterocycles. The zero-order valence-electron chi connectivity index (χ0n) is 17.1. The average Bonchev–Trinajstić information content (AvgIpc) is 3.45. The Morgan fingerprint density at radius 2 is 1.84 bits per heavy atom. The van der Waals surface area contributed by atoms with Crippen molar-refractivity contribution in [1.82, 2.24) is 10.2 Å².